The third-order valence-electron chi connectivity index (χ3n) is 3.09. The third-order valence-corrected chi connectivity index (χ3v) is 3.09. The fraction of sp³-hybridized carbons (Fsp3) is 0.462. The standard InChI is InChI=1S/C13H16N2O/c14-10-13(15-8-2-1-3-9-15)11-4-6-12(16)7-5-11/h4-7,13,16H,1-3,8-9H2/t13-/m1/s1. The molecule has 84 valence electrons. The minimum atomic E-state index is -0.166. The number of phenolic OH excluding ortho intramolecular Hbond substituents is 1. The number of piperidine rings is 1. The number of phenols is 1. The van der Waals surface area contributed by atoms with Crippen LogP contribution < -0.4 is 0 Å². The number of nitriles is 1. The maximum Gasteiger partial charge on any atom is 0.123 e. The van der Waals surface area contributed by atoms with Crippen molar-refractivity contribution in [2.75, 3.05) is 13.1 Å². The molecule has 0 unspecified atom stereocenters. The van der Waals surface area contributed by atoms with Crippen LogP contribution in [0.4, 0.5) is 0 Å². The van der Waals surface area contributed by atoms with Crippen molar-refractivity contribution in [2.45, 2.75) is 25.3 Å². The Hall–Kier alpha value is -1.53. The van der Waals surface area contributed by atoms with Gasteiger partial charge in [-0.2, -0.15) is 5.26 Å². The molecular formula is C13H16N2O. The van der Waals surface area contributed by atoms with Crippen LogP contribution in [0.5, 0.6) is 5.75 Å². The zero-order chi connectivity index (χ0) is 11.4. The van der Waals surface area contributed by atoms with Crippen LogP contribution in [0.2, 0.25) is 0 Å². The zero-order valence-electron chi connectivity index (χ0n) is 9.26. The second-order valence-corrected chi connectivity index (χ2v) is 4.22. The lowest BCUT2D eigenvalue weighted by atomic mass is 10.0. The van der Waals surface area contributed by atoms with Crippen LogP contribution in [0.3, 0.4) is 0 Å². The van der Waals surface area contributed by atoms with Crippen molar-refractivity contribution in [3.8, 4) is 11.8 Å². The Morgan fingerprint density at radius 2 is 1.75 bits per heavy atom. The van der Waals surface area contributed by atoms with E-state index in [1.165, 1.54) is 19.3 Å². The van der Waals surface area contributed by atoms with Crippen molar-refractivity contribution in [3.05, 3.63) is 29.8 Å². The fourth-order valence-corrected chi connectivity index (χ4v) is 2.20. The van der Waals surface area contributed by atoms with Gasteiger partial charge in [0.25, 0.3) is 0 Å². The van der Waals surface area contributed by atoms with E-state index < -0.39 is 0 Å². The molecule has 1 N–H and O–H groups in total. The van der Waals surface area contributed by atoms with Gasteiger partial charge in [-0.15, -0.1) is 0 Å². The number of rotatable bonds is 2. The molecule has 1 aliphatic rings. The summed E-state index contributed by atoms with van der Waals surface area (Å²) in [5, 5.41) is 18.5. The zero-order valence-corrected chi connectivity index (χ0v) is 9.26. The monoisotopic (exact) mass is 216 g/mol. The molecule has 1 saturated heterocycles. The Morgan fingerprint density at radius 3 is 2.31 bits per heavy atom. The Morgan fingerprint density at radius 1 is 1.12 bits per heavy atom. The van der Waals surface area contributed by atoms with Gasteiger partial charge in [-0.25, -0.2) is 0 Å². The van der Waals surface area contributed by atoms with Gasteiger partial charge in [0, 0.05) is 0 Å². The topological polar surface area (TPSA) is 47.3 Å². The van der Waals surface area contributed by atoms with Gasteiger partial charge in [-0.05, 0) is 43.6 Å². The third kappa shape index (κ3) is 2.34. The number of likely N-dealkylation sites (tertiary alicyclic amines) is 1. The average Bonchev–Trinajstić information content (AvgIpc) is 2.34. The normalized spacial score (nSPS) is 18.9. The van der Waals surface area contributed by atoms with E-state index >= 15 is 0 Å². The van der Waals surface area contributed by atoms with Crippen molar-refractivity contribution >= 4 is 0 Å². The van der Waals surface area contributed by atoms with E-state index in [-0.39, 0.29) is 11.8 Å². The number of aromatic hydroxyl groups is 1. The summed E-state index contributed by atoms with van der Waals surface area (Å²) in [5.41, 5.74) is 0.974. The lowest BCUT2D eigenvalue weighted by molar-refractivity contribution is 0.196. The van der Waals surface area contributed by atoms with Crippen LogP contribution in [0, 0.1) is 11.3 Å². The lowest BCUT2D eigenvalue weighted by Crippen LogP contribution is -2.33. The largest absolute Gasteiger partial charge is 0.508 e. The van der Waals surface area contributed by atoms with Gasteiger partial charge in [0.2, 0.25) is 0 Å². The fourth-order valence-electron chi connectivity index (χ4n) is 2.20. The molecule has 1 heterocycles. The highest BCUT2D eigenvalue weighted by molar-refractivity contribution is 5.30. The van der Waals surface area contributed by atoms with Gasteiger partial charge < -0.3 is 5.11 Å². The second kappa shape index (κ2) is 5.00. The molecule has 0 bridgehead atoms. The highest BCUT2D eigenvalue weighted by atomic mass is 16.3. The Balaban J connectivity index is 2.15. The predicted molar refractivity (Wildman–Crippen MR) is 61.9 cm³/mol. The molecule has 3 heteroatoms. The van der Waals surface area contributed by atoms with E-state index in [4.69, 9.17) is 0 Å². The van der Waals surface area contributed by atoms with Crippen LogP contribution in [-0.4, -0.2) is 23.1 Å². The molecule has 0 amide bonds. The summed E-state index contributed by atoms with van der Waals surface area (Å²) in [6.07, 6.45) is 3.62. The van der Waals surface area contributed by atoms with Crippen LogP contribution in [-0.2, 0) is 0 Å². The van der Waals surface area contributed by atoms with Crippen molar-refractivity contribution in [3.63, 3.8) is 0 Å². The average molecular weight is 216 g/mol. The second-order valence-electron chi connectivity index (χ2n) is 4.22. The van der Waals surface area contributed by atoms with E-state index in [0.717, 1.165) is 18.7 Å². The summed E-state index contributed by atoms with van der Waals surface area (Å²) in [4.78, 5) is 2.22. The molecule has 1 aromatic rings. The molecule has 0 aliphatic carbocycles. The van der Waals surface area contributed by atoms with Gasteiger partial charge in [-0.3, -0.25) is 4.90 Å². The number of benzene rings is 1. The number of hydrogen-bond acceptors (Lipinski definition) is 3. The number of nitrogens with zero attached hydrogens (tertiary/aromatic N) is 2. The Labute approximate surface area is 95.9 Å². The summed E-state index contributed by atoms with van der Waals surface area (Å²) >= 11 is 0. The van der Waals surface area contributed by atoms with Crippen LogP contribution in [0.15, 0.2) is 24.3 Å². The van der Waals surface area contributed by atoms with E-state index in [9.17, 15) is 10.4 Å². The lowest BCUT2D eigenvalue weighted by Gasteiger charge is -2.30. The quantitative estimate of drug-likeness (QED) is 0.826. The van der Waals surface area contributed by atoms with Gasteiger partial charge in [0.1, 0.15) is 11.8 Å². The van der Waals surface area contributed by atoms with E-state index in [0.29, 0.717) is 0 Å². The van der Waals surface area contributed by atoms with E-state index in [1.807, 2.05) is 12.1 Å². The SMILES string of the molecule is N#C[C@H](c1ccc(O)cc1)N1CCCCC1. The molecule has 2 rings (SSSR count). The van der Waals surface area contributed by atoms with Crippen molar-refractivity contribution < 1.29 is 5.11 Å². The maximum absolute atomic E-state index is 9.25. The summed E-state index contributed by atoms with van der Waals surface area (Å²) in [5.74, 6) is 0.249. The smallest absolute Gasteiger partial charge is 0.123 e. The van der Waals surface area contributed by atoms with E-state index in [2.05, 4.69) is 11.0 Å². The minimum Gasteiger partial charge on any atom is -0.508 e. The first kappa shape index (κ1) is 11.0. The summed E-state index contributed by atoms with van der Waals surface area (Å²) in [6, 6.07) is 9.13. The maximum atomic E-state index is 9.25. The van der Waals surface area contributed by atoms with Crippen molar-refractivity contribution in [1.82, 2.24) is 4.90 Å². The molecule has 0 aromatic heterocycles. The molecule has 16 heavy (non-hydrogen) atoms. The highest BCUT2D eigenvalue weighted by Crippen LogP contribution is 2.25. The van der Waals surface area contributed by atoms with Gasteiger partial charge >= 0.3 is 0 Å². The minimum absolute atomic E-state index is 0.166. The molecule has 1 atom stereocenters. The Bertz CT molecular complexity index is 374. The summed E-state index contributed by atoms with van der Waals surface area (Å²) in [6.45, 7) is 2.00. The van der Waals surface area contributed by atoms with Crippen molar-refractivity contribution in [2.24, 2.45) is 0 Å². The Kier molecular flexibility index (Phi) is 3.43. The molecule has 0 saturated carbocycles. The molecule has 0 spiro atoms. The molecule has 1 aliphatic heterocycles. The predicted octanol–water partition coefficient (Wildman–Crippen LogP) is 2.44. The summed E-state index contributed by atoms with van der Waals surface area (Å²) in [7, 11) is 0. The first-order valence-electron chi connectivity index (χ1n) is 5.74. The molecule has 3 nitrogen and oxygen atoms in total. The molecule has 0 radical (unpaired) electrons. The van der Waals surface area contributed by atoms with Crippen LogP contribution >= 0.6 is 0 Å². The van der Waals surface area contributed by atoms with Crippen LogP contribution in [0.1, 0.15) is 30.9 Å². The van der Waals surface area contributed by atoms with E-state index in [1.54, 1.807) is 12.1 Å². The summed E-state index contributed by atoms with van der Waals surface area (Å²) < 4.78 is 0. The molecular weight excluding hydrogens is 200 g/mol. The van der Waals surface area contributed by atoms with Gasteiger partial charge in [0.05, 0.1) is 6.07 Å². The van der Waals surface area contributed by atoms with Crippen LogP contribution in [0.25, 0.3) is 0 Å². The van der Waals surface area contributed by atoms with Gasteiger partial charge in [-0.1, -0.05) is 18.6 Å². The highest BCUT2D eigenvalue weighted by Gasteiger charge is 2.21. The first-order chi connectivity index (χ1) is 7.81. The van der Waals surface area contributed by atoms with Crippen molar-refractivity contribution in [1.29, 1.82) is 5.26 Å². The molecule has 1 aromatic carbocycles. The first-order valence-corrected chi connectivity index (χ1v) is 5.74. The molecule has 1 fully saturated rings. The van der Waals surface area contributed by atoms with Gasteiger partial charge in [0.15, 0.2) is 0 Å². The number of hydrogen-bond donors (Lipinski definition) is 1.